The lowest BCUT2D eigenvalue weighted by Gasteiger charge is -2.37. The highest BCUT2D eigenvalue weighted by Crippen LogP contribution is 2.35. The molecule has 2 aliphatic rings. The van der Waals surface area contributed by atoms with Gasteiger partial charge in [0.1, 0.15) is 11.5 Å². The third-order valence-electron chi connectivity index (χ3n) is 7.69. The molecule has 0 spiro atoms. The van der Waals surface area contributed by atoms with Gasteiger partial charge in [0.2, 0.25) is 10.0 Å². The predicted molar refractivity (Wildman–Crippen MR) is 143 cm³/mol. The molecule has 0 radical (unpaired) electrons. The smallest absolute Gasteiger partial charge is 0.243 e. The van der Waals surface area contributed by atoms with Crippen LogP contribution in [0, 0.1) is 0 Å². The lowest BCUT2D eigenvalue weighted by Crippen LogP contribution is -2.49. The first-order valence-electron chi connectivity index (χ1n) is 13.0. The van der Waals surface area contributed by atoms with Crippen LogP contribution in [0.2, 0.25) is 0 Å². The first-order valence-corrected chi connectivity index (χ1v) is 14.5. The topological polar surface area (TPSA) is 59.1 Å². The van der Waals surface area contributed by atoms with Crippen molar-refractivity contribution in [2.24, 2.45) is 0 Å². The molecule has 2 fully saturated rings. The highest BCUT2D eigenvalue weighted by atomic mass is 32.2. The predicted octanol–water partition coefficient (Wildman–Crippen LogP) is 5.63. The number of ether oxygens (including phenoxy) is 2. The fourth-order valence-corrected chi connectivity index (χ4v) is 6.86. The minimum atomic E-state index is -3.52. The van der Waals surface area contributed by atoms with Crippen molar-refractivity contribution in [2.75, 3.05) is 33.3 Å². The van der Waals surface area contributed by atoms with Crippen molar-refractivity contribution in [3.8, 4) is 11.5 Å². The molecule has 0 amide bonds. The number of benzene rings is 3. The van der Waals surface area contributed by atoms with Gasteiger partial charge in [-0.1, -0.05) is 30.7 Å². The quantitative estimate of drug-likeness (QED) is 0.414. The normalized spacial score (nSPS) is 19.3. The van der Waals surface area contributed by atoms with E-state index < -0.39 is 10.0 Å². The number of sulfonamides is 1. The summed E-state index contributed by atoms with van der Waals surface area (Å²) in [5.41, 5.74) is 1.21. The zero-order chi connectivity index (χ0) is 25.1. The van der Waals surface area contributed by atoms with Crippen molar-refractivity contribution in [1.29, 1.82) is 0 Å². The molecule has 5 rings (SSSR count). The van der Waals surface area contributed by atoms with Crippen LogP contribution in [0.1, 0.15) is 50.6 Å². The summed E-state index contributed by atoms with van der Waals surface area (Å²) in [4.78, 5) is 2.68. The Bertz CT molecular complexity index is 1280. The summed E-state index contributed by atoms with van der Waals surface area (Å²) >= 11 is 0. The molecule has 1 saturated carbocycles. The Balaban J connectivity index is 1.31. The second-order valence-electron chi connectivity index (χ2n) is 9.91. The van der Waals surface area contributed by atoms with E-state index in [1.54, 1.807) is 35.7 Å². The van der Waals surface area contributed by atoms with E-state index in [1.807, 2.05) is 0 Å². The average Bonchev–Trinajstić information content (AvgIpc) is 2.93. The fraction of sp³-hybridized carbons (Fsp3) is 0.448. The van der Waals surface area contributed by atoms with Gasteiger partial charge in [0.05, 0.1) is 18.1 Å². The van der Waals surface area contributed by atoms with Crippen LogP contribution < -0.4 is 9.47 Å². The molecular weight excluding hydrogens is 472 g/mol. The molecule has 0 aromatic heterocycles. The highest BCUT2D eigenvalue weighted by Gasteiger charge is 2.30. The van der Waals surface area contributed by atoms with E-state index in [0.717, 1.165) is 24.0 Å². The van der Waals surface area contributed by atoms with Gasteiger partial charge in [0.15, 0.2) is 0 Å². The lowest BCUT2D eigenvalue weighted by molar-refractivity contribution is 0.144. The minimum absolute atomic E-state index is 0.161. The van der Waals surface area contributed by atoms with Crippen LogP contribution in [0.25, 0.3) is 10.8 Å². The number of piperazine rings is 1. The van der Waals surface area contributed by atoms with Crippen LogP contribution in [-0.2, 0) is 10.0 Å². The summed E-state index contributed by atoms with van der Waals surface area (Å²) < 4.78 is 39.6. The summed E-state index contributed by atoms with van der Waals surface area (Å²) in [6.45, 7) is 4.52. The third-order valence-corrected chi connectivity index (χ3v) is 9.61. The van der Waals surface area contributed by atoms with Gasteiger partial charge in [-0.2, -0.15) is 4.31 Å². The molecule has 36 heavy (non-hydrogen) atoms. The van der Waals surface area contributed by atoms with Crippen LogP contribution in [0.3, 0.4) is 0 Å². The van der Waals surface area contributed by atoms with Gasteiger partial charge in [0, 0.05) is 37.6 Å². The van der Waals surface area contributed by atoms with Crippen LogP contribution in [0.5, 0.6) is 11.5 Å². The maximum absolute atomic E-state index is 13.2. The van der Waals surface area contributed by atoms with Gasteiger partial charge >= 0.3 is 0 Å². The van der Waals surface area contributed by atoms with Crippen molar-refractivity contribution < 1.29 is 17.9 Å². The Morgan fingerprint density at radius 3 is 2.28 bits per heavy atom. The number of rotatable bonds is 7. The van der Waals surface area contributed by atoms with Gasteiger partial charge in [-0.25, -0.2) is 8.42 Å². The monoisotopic (exact) mass is 508 g/mol. The minimum Gasteiger partial charge on any atom is -0.497 e. The van der Waals surface area contributed by atoms with Gasteiger partial charge in [-0.05, 0) is 80.0 Å². The molecule has 1 atom stereocenters. The maximum atomic E-state index is 13.2. The second-order valence-corrected chi connectivity index (χ2v) is 11.8. The number of nitrogens with zero attached hydrogens (tertiary/aromatic N) is 2. The Hall–Kier alpha value is -2.61. The zero-order valence-electron chi connectivity index (χ0n) is 21.2. The fourth-order valence-electron chi connectivity index (χ4n) is 5.44. The van der Waals surface area contributed by atoms with Gasteiger partial charge in [-0.3, -0.25) is 4.90 Å². The molecular formula is C29H36N2O4S. The summed E-state index contributed by atoms with van der Waals surface area (Å²) in [7, 11) is -1.95. The molecule has 1 saturated heterocycles. The van der Waals surface area contributed by atoms with Crippen LogP contribution >= 0.6 is 0 Å². The summed E-state index contributed by atoms with van der Waals surface area (Å²) in [6, 6.07) is 19.7. The van der Waals surface area contributed by atoms with E-state index in [-0.39, 0.29) is 6.04 Å². The van der Waals surface area contributed by atoms with Crippen molar-refractivity contribution >= 4 is 20.8 Å². The third kappa shape index (κ3) is 5.24. The van der Waals surface area contributed by atoms with Crippen molar-refractivity contribution in [3.63, 3.8) is 0 Å². The van der Waals surface area contributed by atoms with E-state index in [9.17, 15) is 8.42 Å². The molecule has 7 heteroatoms. The van der Waals surface area contributed by atoms with E-state index in [2.05, 4.69) is 48.2 Å². The average molecular weight is 509 g/mol. The number of hydrogen-bond acceptors (Lipinski definition) is 5. The summed E-state index contributed by atoms with van der Waals surface area (Å²) in [5, 5.41) is 2.35. The number of fused-ring (bicyclic) bond motifs is 1. The lowest BCUT2D eigenvalue weighted by atomic mass is 9.97. The second kappa shape index (κ2) is 10.8. The molecule has 3 aromatic rings. The zero-order valence-corrected chi connectivity index (χ0v) is 22.0. The Morgan fingerprint density at radius 1 is 0.889 bits per heavy atom. The van der Waals surface area contributed by atoms with Gasteiger partial charge in [-0.15, -0.1) is 0 Å². The van der Waals surface area contributed by atoms with Crippen LogP contribution in [-0.4, -0.2) is 57.0 Å². The van der Waals surface area contributed by atoms with Gasteiger partial charge in [0.25, 0.3) is 0 Å². The van der Waals surface area contributed by atoms with E-state index in [4.69, 9.17) is 9.47 Å². The summed E-state index contributed by atoms with van der Waals surface area (Å²) in [6.07, 6.45) is 6.32. The van der Waals surface area contributed by atoms with Crippen LogP contribution in [0.15, 0.2) is 65.6 Å². The van der Waals surface area contributed by atoms with E-state index in [1.165, 1.54) is 30.2 Å². The first-order chi connectivity index (χ1) is 17.5. The highest BCUT2D eigenvalue weighted by molar-refractivity contribution is 7.89. The standard InChI is InChI=1S/C29H36N2O4S/c1-22(30-16-18-31(19-17-30)36(32,33)27-14-12-25(34-2)13-15-27)24-20-23-8-6-7-11-28(23)29(21-24)35-26-9-4-3-5-10-26/h6-8,11-15,20-22,26H,3-5,9-10,16-19H2,1-2H3. The summed E-state index contributed by atoms with van der Waals surface area (Å²) in [5.74, 6) is 1.62. The van der Waals surface area contributed by atoms with E-state index >= 15 is 0 Å². The molecule has 3 aromatic carbocycles. The van der Waals surface area contributed by atoms with Crippen molar-refractivity contribution in [2.45, 2.75) is 56.1 Å². The molecule has 1 unspecified atom stereocenters. The molecule has 1 aliphatic carbocycles. The first kappa shape index (κ1) is 25.1. The SMILES string of the molecule is COc1ccc(S(=O)(=O)N2CCN(C(C)c3cc(OC4CCCCC4)c4ccccc4c3)CC2)cc1. The van der Waals surface area contributed by atoms with Gasteiger partial charge < -0.3 is 9.47 Å². The largest absolute Gasteiger partial charge is 0.497 e. The van der Waals surface area contributed by atoms with Crippen molar-refractivity contribution in [3.05, 3.63) is 66.2 Å². The maximum Gasteiger partial charge on any atom is 0.243 e. The number of methoxy groups -OCH3 is 1. The number of hydrogen-bond donors (Lipinski definition) is 0. The molecule has 1 aliphatic heterocycles. The van der Waals surface area contributed by atoms with Crippen LogP contribution in [0.4, 0.5) is 0 Å². The molecule has 0 N–H and O–H groups in total. The molecule has 6 nitrogen and oxygen atoms in total. The molecule has 1 heterocycles. The van der Waals surface area contributed by atoms with Crippen molar-refractivity contribution in [1.82, 2.24) is 9.21 Å². The molecule has 192 valence electrons. The van der Waals surface area contributed by atoms with E-state index in [0.29, 0.717) is 42.9 Å². The Kier molecular flexibility index (Phi) is 7.51. The Labute approximate surface area is 214 Å². The Morgan fingerprint density at radius 2 is 1.58 bits per heavy atom. The molecule has 0 bridgehead atoms.